The first-order chi connectivity index (χ1) is 9.08. The molecular weight excluding hydrogens is 244 g/mol. The monoisotopic (exact) mass is 268 g/mol. The predicted molar refractivity (Wildman–Crippen MR) is 71.5 cm³/mol. The molecule has 1 amide bonds. The van der Waals surface area contributed by atoms with E-state index in [2.05, 4.69) is 17.3 Å². The van der Waals surface area contributed by atoms with Crippen molar-refractivity contribution in [1.29, 1.82) is 0 Å². The fourth-order valence-corrected chi connectivity index (χ4v) is 2.92. The van der Waals surface area contributed by atoms with E-state index in [0.29, 0.717) is 25.3 Å². The van der Waals surface area contributed by atoms with E-state index in [-0.39, 0.29) is 11.9 Å². The number of carbonyl (C=O) groups excluding carboxylic acids is 2. The Labute approximate surface area is 114 Å². The van der Waals surface area contributed by atoms with Gasteiger partial charge in [0.1, 0.15) is 5.41 Å². The molecule has 19 heavy (non-hydrogen) atoms. The van der Waals surface area contributed by atoms with Crippen molar-refractivity contribution in [1.82, 2.24) is 10.2 Å². The molecule has 0 radical (unpaired) electrons. The number of amides is 1. The summed E-state index contributed by atoms with van der Waals surface area (Å²) in [4.78, 5) is 26.3. The number of methoxy groups -OCH3 is 1. The number of esters is 1. The Hall–Kier alpha value is -1.10. The predicted octanol–water partition coefficient (Wildman–Crippen LogP) is 0.788. The van der Waals surface area contributed by atoms with E-state index in [1.165, 1.54) is 7.11 Å². The van der Waals surface area contributed by atoms with Gasteiger partial charge in [-0.2, -0.15) is 0 Å². The largest absolute Gasteiger partial charge is 0.468 e. The average molecular weight is 268 g/mol. The normalized spacial score (nSPS) is 23.5. The van der Waals surface area contributed by atoms with Crippen molar-refractivity contribution in [3.05, 3.63) is 0 Å². The van der Waals surface area contributed by atoms with Gasteiger partial charge < -0.3 is 15.0 Å². The van der Waals surface area contributed by atoms with E-state index in [4.69, 9.17) is 4.74 Å². The molecule has 5 nitrogen and oxygen atoms in total. The van der Waals surface area contributed by atoms with Crippen LogP contribution in [0.15, 0.2) is 0 Å². The molecule has 0 atom stereocenters. The zero-order chi connectivity index (χ0) is 13.9. The van der Waals surface area contributed by atoms with Crippen molar-refractivity contribution >= 4 is 11.9 Å². The molecule has 0 aromatic heterocycles. The summed E-state index contributed by atoms with van der Waals surface area (Å²) in [5.74, 6) is 0.0269. The minimum Gasteiger partial charge on any atom is -0.468 e. The number of nitrogens with zero attached hydrogens (tertiary/aromatic N) is 1. The third kappa shape index (κ3) is 2.91. The second-order valence-electron chi connectivity index (χ2n) is 5.88. The van der Waals surface area contributed by atoms with E-state index >= 15 is 0 Å². The standard InChI is InChI=1S/C14H24N2O3/c1-16-8-4-11(5-9-16)10-15-12(17)14(6-3-7-14)13(18)19-2/h11H,3-10H2,1-2H3,(H,15,17). The van der Waals surface area contributed by atoms with Crippen molar-refractivity contribution in [3.8, 4) is 0 Å². The average Bonchev–Trinajstić information content (AvgIpc) is 2.36. The zero-order valence-electron chi connectivity index (χ0n) is 11.9. The maximum absolute atomic E-state index is 12.2. The van der Waals surface area contributed by atoms with E-state index in [1.54, 1.807) is 0 Å². The maximum atomic E-state index is 12.2. The van der Waals surface area contributed by atoms with Gasteiger partial charge in [0.05, 0.1) is 7.11 Å². The van der Waals surface area contributed by atoms with Crippen LogP contribution in [0.25, 0.3) is 0 Å². The van der Waals surface area contributed by atoms with Gasteiger partial charge >= 0.3 is 5.97 Å². The molecule has 108 valence electrons. The van der Waals surface area contributed by atoms with Gasteiger partial charge in [-0.25, -0.2) is 0 Å². The van der Waals surface area contributed by atoms with Crippen molar-refractivity contribution in [3.63, 3.8) is 0 Å². The number of likely N-dealkylation sites (tertiary alicyclic amines) is 1. The number of carbonyl (C=O) groups is 2. The van der Waals surface area contributed by atoms with E-state index in [9.17, 15) is 9.59 Å². The highest BCUT2D eigenvalue weighted by molar-refractivity contribution is 6.03. The molecule has 1 aliphatic heterocycles. The lowest BCUT2D eigenvalue weighted by molar-refractivity contribution is -0.165. The van der Waals surface area contributed by atoms with Crippen LogP contribution < -0.4 is 5.32 Å². The van der Waals surface area contributed by atoms with Gasteiger partial charge in [0.25, 0.3) is 0 Å². The Kier molecular flexibility index (Phi) is 4.45. The first-order valence-corrected chi connectivity index (χ1v) is 7.14. The first-order valence-electron chi connectivity index (χ1n) is 7.14. The van der Waals surface area contributed by atoms with Gasteiger partial charge in [0.2, 0.25) is 5.91 Å². The Morgan fingerprint density at radius 3 is 2.42 bits per heavy atom. The summed E-state index contributed by atoms with van der Waals surface area (Å²) >= 11 is 0. The molecule has 5 heteroatoms. The molecule has 1 N–H and O–H groups in total. The second kappa shape index (κ2) is 5.90. The van der Waals surface area contributed by atoms with Crippen LogP contribution in [0.1, 0.15) is 32.1 Å². The van der Waals surface area contributed by atoms with Crippen molar-refractivity contribution in [2.24, 2.45) is 11.3 Å². The lowest BCUT2D eigenvalue weighted by atomic mass is 9.68. The molecule has 1 aliphatic carbocycles. The Morgan fingerprint density at radius 1 is 1.32 bits per heavy atom. The lowest BCUT2D eigenvalue weighted by Gasteiger charge is -2.37. The molecule has 0 aromatic carbocycles. The number of hydrogen-bond donors (Lipinski definition) is 1. The topological polar surface area (TPSA) is 58.6 Å². The highest BCUT2D eigenvalue weighted by atomic mass is 16.5. The van der Waals surface area contributed by atoms with Gasteiger partial charge in [0.15, 0.2) is 0 Å². The lowest BCUT2D eigenvalue weighted by Crippen LogP contribution is -2.52. The quantitative estimate of drug-likeness (QED) is 0.605. The van der Waals surface area contributed by atoms with Gasteiger partial charge in [-0.3, -0.25) is 9.59 Å². The summed E-state index contributed by atoms with van der Waals surface area (Å²) in [6.45, 7) is 2.86. The molecule has 0 spiro atoms. The van der Waals surface area contributed by atoms with E-state index in [1.807, 2.05) is 0 Å². The van der Waals surface area contributed by atoms with Crippen LogP contribution in [0.4, 0.5) is 0 Å². The van der Waals surface area contributed by atoms with Gasteiger partial charge in [-0.1, -0.05) is 6.42 Å². The number of rotatable bonds is 4. The summed E-state index contributed by atoms with van der Waals surface area (Å²) in [7, 11) is 3.47. The SMILES string of the molecule is COC(=O)C1(C(=O)NCC2CCN(C)CC2)CCC1. The smallest absolute Gasteiger partial charge is 0.321 e. The van der Waals surface area contributed by atoms with Crippen LogP contribution in [0.5, 0.6) is 0 Å². The van der Waals surface area contributed by atoms with Gasteiger partial charge in [-0.05, 0) is 51.7 Å². The highest BCUT2D eigenvalue weighted by Crippen LogP contribution is 2.42. The third-order valence-electron chi connectivity index (χ3n) is 4.61. The van der Waals surface area contributed by atoms with E-state index in [0.717, 1.165) is 32.4 Å². The van der Waals surface area contributed by atoms with Crippen LogP contribution in [-0.2, 0) is 14.3 Å². The molecule has 1 heterocycles. The van der Waals surface area contributed by atoms with Crippen LogP contribution >= 0.6 is 0 Å². The van der Waals surface area contributed by atoms with Crippen molar-refractivity contribution in [2.75, 3.05) is 33.8 Å². The fraction of sp³-hybridized carbons (Fsp3) is 0.857. The molecule has 0 aromatic rings. The van der Waals surface area contributed by atoms with Crippen molar-refractivity contribution < 1.29 is 14.3 Å². The maximum Gasteiger partial charge on any atom is 0.321 e. The molecule has 1 saturated carbocycles. The molecule has 2 fully saturated rings. The summed E-state index contributed by atoms with van der Waals surface area (Å²) in [6.07, 6.45) is 4.40. The fourth-order valence-electron chi connectivity index (χ4n) is 2.92. The molecule has 2 aliphatic rings. The zero-order valence-corrected chi connectivity index (χ0v) is 11.9. The first kappa shape index (κ1) is 14.3. The van der Waals surface area contributed by atoms with Crippen LogP contribution in [0, 0.1) is 11.3 Å². The molecular formula is C14H24N2O3. The number of nitrogens with one attached hydrogen (secondary N) is 1. The van der Waals surface area contributed by atoms with Gasteiger partial charge in [0, 0.05) is 6.54 Å². The second-order valence-corrected chi connectivity index (χ2v) is 5.88. The highest BCUT2D eigenvalue weighted by Gasteiger charge is 2.51. The number of piperidine rings is 1. The summed E-state index contributed by atoms with van der Waals surface area (Å²) in [5, 5.41) is 2.97. The minimum atomic E-state index is -0.889. The van der Waals surface area contributed by atoms with Crippen LogP contribution in [0.3, 0.4) is 0 Å². The molecule has 0 unspecified atom stereocenters. The Balaban J connectivity index is 1.82. The molecule has 0 bridgehead atoms. The van der Waals surface area contributed by atoms with E-state index < -0.39 is 5.41 Å². The summed E-state index contributed by atoms with van der Waals surface area (Å²) in [5.41, 5.74) is -0.889. The Morgan fingerprint density at radius 2 is 1.95 bits per heavy atom. The summed E-state index contributed by atoms with van der Waals surface area (Å²) < 4.78 is 4.78. The van der Waals surface area contributed by atoms with Crippen LogP contribution in [0.2, 0.25) is 0 Å². The van der Waals surface area contributed by atoms with Crippen molar-refractivity contribution in [2.45, 2.75) is 32.1 Å². The number of ether oxygens (including phenoxy) is 1. The third-order valence-corrected chi connectivity index (χ3v) is 4.61. The van der Waals surface area contributed by atoms with Crippen LogP contribution in [-0.4, -0.2) is 50.6 Å². The Bertz CT molecular complexity index is 345. The summed E-state index contributed by atoms with van der Waals surface area (Å²) in [6, 6.07) is 0. The minimum absolute atomic E-state index is 0.135. The molecule has 1 saturated heterocycles. The molecule has 2 rings (SSSR count). The number of hydrogen-bond acceptors (Lipinski definition) is 4. The van der Waals surface area contributed by atoms with Gasteiger partial charge in [-0.15, -0.1) is 0 Å².